The van der Waals surface area contributed by atoms with E-state index >= 15 is 0 Å². The molecule has 3 aromatic rings. The van der Waals surface area contributed by atoms with Crippen molar-refractivity contribution in [2.24, 2.45) is 0 Å². The van der Waals surface area contributed by atoms with Crippen molar-refractivity contribution in [2.75, 3.05) is 30.3 Å². The minimum Gasteiger partial charge on any atom is -0.369 e. The summed E-state index contributed by atoms with van der Waals surface area (Å²) in [5.74, 6) is 1.53. The lowest BCUT2D eigenvalue weighted by Crippen LogP contribution is -2.27. The van der Waals surface area contributed by atoms with E-state index in [1.54, 1.807) is 4.52 Å². The Kier molecular flexibility index (Phi) is 6.94. The molecule has 2 N–H and O–H groups in total. The quantitative estimate of drug-likeness (QED) is 0.475. The van der Waals surface area contributed by atoms with E-state index in [1.807, 2.05) is 41.3 Å². The number of rotatable bonds is 10. The van der Waals surface area contributed by atoms with Gasteiger partial charge >= 0.3 is 0 Å². The molecule has 1 aliphatic heterocycles. The number of carbonyl (C=O) groups is 2. The predicted octanol–water partition coefficient (Wildman–Crippen LogP) is 2.68. The fourth-order valence-electron chi connectivity index (χ4n) is 3.78. The second-order valence-corrected chi connectivity index (χ2v) is 7.97. The van der Waals surface area contributed by atoms with E-state index in [-0.39, 0.29) is 11.8 Å². The van der Waals surface area contributed by atoms with Gasteiger partial charge in [0.2, 0.25) is 11.8 Å². The molecule has 1 aromatic carbocycles. The number of likely N-dealkylation sites (tertiary alicyclic amines) is 1. The first-order valence-corrected chi connectivity index (χ1v) is 11.2. The average molecular weight is 436 g/mol. The summed E-state index contributed by atoms with van der Waals surface area (Å²) in [5.41, 5.74) is 2.67. The van der Waals surface area contributed by atoms with Crippen LogP contribution in [0.2, 0.25) is 0 Å². The van der Waals surface area contributed by atoms with Crippen molar-refractivity contribution < 1.29 is 9.59 Å². The normalized spacial score (nSPS) is 13.7. The van der Waals surface area contributed by atoms with Crippen LogP contribution in [-0.2, 0) is 22.4 Å². The van der Waals surface area contributed by atoms with Gasteiger partial charge in [-0.2, -0.15) is 4.52 Å². The third-order valence-corrected chi connectivity index (χ3v) is 5.63. The molecule has 0 unspecified atom stereocenters. The molecule has 0 spiro atoms. The predicted molar refractivity (Wildman–Crippen MR) is 122 cm³/mol. The smallest absolute Gasteiger partial charge is 0.224 e. The largest absolute Gasteiger partial charge is 0.369 e. The number of benzene rings is 1. The molecular formula is C23H29N7O2. The Morgan fingerprint density at radius 1 is 1.12 bits per heavy atom. The highest BCUT2D eigenvalue weighted by molar-refractivity contribution is 5.90. The zero-order chi connectivity index (χ0) is 22.3. The van der Waals surface area contributed by atoms with Crippen LogP contribution in [0.1, 0.15) is 44.0 Å². The standard InChI is InChI=1S/C23H29N7O2/c1-2-17-6-8-18(9-7-17)25-22(31)13-12-21-27-26-20-11-10-19(28-30(20)21)24-14-4-16-29-15-3-5-23(29)32/h6-11H,2-5,12-16H2,1H3,(H,24,28)(H,25,31). The molecule has 4 rings (SSSR count). The third kappa shape index (κ3) is 5.40. The summed E-state index contributed by atoms with van der Waals surface area (Å²) >= 11 is 0. The van der Waals surface area contributed by atoms with Crippen LogP contribution in [0.5, 0.6) is 0 Å². The number of aryl methyl sites for hydroxylation is 2. The highest BCUT2D eigenvalue weighted by Gasteiger charge is 2.19. The molecule has 168 valence electrons. The maximum absolute atomic E-state index is 12.3. The van der Waals surface area contributed by atoms with Crippen LogP contribution in [0.3, 0.4) is 0 Å². The lowest BCUT2D eigenvalue weighted by atomic mass is 10.1. The molecule has 3 heterocycles. The van der Waals surface area contributed by atoms with Crippen LogP contribution >= 0.6 is 0 Å². The van der Waals surface area contributed by atoms with E-state index in [4.69, 9.17) is 0 Å². The first-order chi connectivity index (χ1) is 15.6. The Balaban J connectivity index is 1.28. The molecule has 2 amide bonds. The average Bonchev–Trinajstić information content (AvgIpc) is 3.41. The van der Waals surface area contributed by atoms with Gasteiger partial charge in [-0.1, -0.05) is 19.1 Å². The van der Waals surface area contributed by atoms with Gasteiger partial charge in [-0.15, -0.1) is 15.3 Å². The van der Waals surface area contributed by atoms with Gasteiger partial charge in [0.05, 0.1) is 0 Å². The molecule has 1 fully saturated rings. The molecule has 9 nitrogen and oxygen atoms in total. The lowest BCUT2D eigenvalue weighted by molar-refractivity contribution is -0.127. The molecule has 0 saturated carbocycles. The number of hydrogen-bond donors (Lipinski definition) is 2. The Labute approximate surface area is 187 Å². The number of aromatic nitrogens is 4. The summed E-state index contributed by atoms with van der Waals surface area (Å²) in [6, 6.07) is 11.6. The minimum absolute atomic E-state index is 0.0725. The summed E-state index contributed by atoms with van der Waals surface area (Å²) < 4.78 is 1.68. The summed E-state index contributed by atoms with van der Waals surface area (Å²) in [6.07, 6.45) is 4.19. The zero-order valence-electron chi connectivity index (χ0n) is 18.4. The number of fused-ring (bicyclic) bond motifs is 1. The summed E-state index contributed by atoms with van der Waals surface area (Å²) in [5, 5.41) is 19.1. The molecule has 0 radical (unpaired) electrons. The van der Waals surface area contributed by atoms with Crippen molar-refractivity contribution in [2.45, 2.75) is 45.4 Å². The van der Waals surface area contributed by atoms with Crippen molar-refractivity contribution >= 4 is 29.0 Å². The van der Waals surface area contributed by atoms with Crippen molar-refractivity contribution in [1.82, 2.24) is 24.7 Å². The fraction of sp³-hybridized carbons (Fsp3) is 0.435. The SMILES string of the molecule is CCc1ccc(NC(=O)CCc2nnc3ccc(NCCCN4CCCC4=O)nn23)cc1. The van der Waals surface area contributed by atoms with Crippen molar-refractivity contribution in [3.63, 3.8) is 0 Å². The van der Waals surface area contributed by atoms with Crippen LogP contribution in [0.15, 0.2) is 36.4 Å². The molecule has 1 aliphatic rings. The molecule has 0 aliphatic carbocycles. The second-order valence-electron chi connectivity index (χ2n) is 7.97. The van der Waals surface area contributed by atoms with Crippen LogP contribution in [0.25, 0.3) is 5.65 Å². The van der Waals surface area contributed by atoms with Crippen molar-refractivity contribution in [3.8, 4) is 0 Å². The van der Waals surface area contributed by atoms with Gasteiger partial charge in [-0.3, -0.25) is 9.59 Å². The van der Waals surface area contributed by atoms with Gasteiger partial charge in [-0.25, -0.2) is 0 Å². The van der Waals surface area contributed by atoms with Gasteiger partial charge in [0.1, 0.15) is 5.82 Å². The molecular weight excluding hydrogens is 406 g/mol. The zero-order valence-corrected chi connectivity index (χ0v) is 18.4. The monoisotopic (exact) mass is 435 g/mol. The van der Waals surface area contributed by atoms with Crippen LogP contribution < -0.4 is 10.6 Å². The summed E-state index contributed by atoms with van der Waals surface area (Å²) in [6.45, 7) is 4.45. The highest BCUT2D eigenvalue weighted by Crippen LogP contribution is 2.13. The van der Waals surface area contributed by atoms with Gasteiger partial charge in [0, 0.05) is 44.6 Å². The Hall–Kier alpha value is -3.49. The molecule has 0 atom stereocenters. The van der Waals surface area contributed by atoms with E-state index < -0.39 is 0 Å². The number of nitrogens with zero attached hydrogens (tertiary/aromatic N) is 5. The third-order valence-electron chi connectivity index (χ3n) is 5.63. The molecule has 0 bridgehead atoms. The maximum atomic E-state index is 12.3. The number of carbonyl (C=O) groups excluding carboxylic acids is 2. The van der Waals surface area contributed by atoms with Crippen LogP contribution in [0.4, 0.5) is 11.5 Å². The number of amides is 2. The van der Waals surface area contributed by atoms with Gasteiger partial charge in [0.25, 0.3) is 0 Å². The van der Waals surface area contributed by atoms with E-state index in [9.17, 15) is 9.59 Å². The van der Waals surface area contributed by atoms with Crippen molar-refractivity contribution in [1.29, 1.82) is 0 Å². The molecule has 1 saturated heterocycles. The van der Waals surface area contributed by atoms with Gasteiger partial charge < -0.3 is 15.5 Å². The molecule has 32 heavy (non-hydrogen) atoms. The Morgan fingerprint density at radius 3 is 2.72 bits per heavy atom. The van der Waals surface area contributed by atoms with Crippen LogP contribution in [0, 0.1) is 0 Å². The highest BCUT2D eigenvalue weighted by atomic mass is 16.2. The lowest BCUT2D eigenvalue weighted by Gasteiger charge is -2.15. The first kappa shape index (κ1) is 21.7. The van der Waals surface area contributed by atoms with E-state index in [1.165, 1.54) is 5.56 Å². The Morgan fingerprint density at radius 2 is 1.97 bits per heavy atom. The number of anilines is 2. The topological polar surface area (TPSA) is 105 Å². The number of hydrogen-bond acceptors (Lipinski definition) is 6. The minimum atomic E-state index is -0.0725. The van der Waals surface area contributed by atoms with Crippen LogP contribution in [-0.4, -0.2) is 56.2 Å². The second kappa shape index (κ2) is 10.2. The fourth-order valence-corrected chi connectivity index (χ4v) is 3.78. The summed E-state index contributed by atoms with van der Waals surface area (Å²) in [4.78, 5) is 25.9. The number of nitrogens with one attached hydrogen (secondary N) is 2. The molecule has 2 aromatic heterocycles. The Bertz CT molecular complexity index is 1080. The van der Waals surface area contributed by atoms with Gasteiger partial charge in [0.15, 0.2) is 11.5 Å². The van der Waals surface area contributed by atoms with E-state index in [0.29, 0.717) is 36.6 Å². The molecule has 9 heteroatoms. The first-order valence-electron chi connectivity index (χ1n) is 11.2. The van der Waals surface area contributed by atoms with Crippen molar-refractivity contribution in [3.05, 3.63) is 47.8 Å². The summed E-state index contributed by atoms with van der Waals surface area (Å²) in [7, 11) is 0. The van der Waals surface area contributed by atoms with E-state index in [2.05, 4.69) is 32.9 Å². The van der Waals surface area contributed by atoms with Gasteiger partial charge in [-0.05, 0) is 49.1 Å². The maximum Gasteiger partial charge on any atom is 0.224 e. The van der Waals surface area contributed by atoms with E-state index in [0.717, 1.165) is 44.6 Å².